The van der Waals surface area contributed by atoms with Crippen molar-refractivity contribution in [3.8, 4) is 5.75 Å². The Kier molecular flexibility index (Phi) is 12.3. The molecule has 1 unspecified atom stereocenters. The SMILES string of the molecule is CCCNC(=O)C(CC)N(Cc1ccc(C)cc1)C(=O)CN(c1ccccc1OCC)S(=O)(=O)c1ccc(SC)cc1. The minimum atomic E-state index is -4.20. The first-order valence-corrected chi connectivity index (χ1v) is 16.8. The number of nitrogens with zero attached hydrogens (tertiary/aromatic N) is 2. The molecule has 8 nitrogen and oxygen atoms in total. The van der Waals surface area contributed by atoms with E-state index in [0.29, 0.717) is 25.3 Å². The van der Waals surface area contributed by atoms with E-state index < -0.39 is 28.5 Å². The molecule has 2 amide bonds. The van der Waals surface area contributed by atoms with Gasteiger partial charge in [-0.1, -0.05) is 55.8 Å². The Morgan fingerprint density at radius 2 is 1.62 bits per heavy atom. The van der Waals surface area contributed by atoms with E-state index in [9.17, 15) is 18.0 Å². The van der Waals surface area contributed by atoms with E-state index in [4.69, 9.17) is 4.74 Å². The predicted molar refractivity (Wildman–Crippen MR) is 169 cm³/mol. The molecule has 3 aromatic carbocycles. The van der Waals surface area contributed by atoms with Gasteiger partial charge in [0, 0.05) is 18.0 Å². The van der Waals surface area contributed by atoms with Crippen LogP contribution in [0.2, 0.25) is 0 Å². The van der Waals surface area contributed by atoms with E-state index in [1.807, 2.05) is 58.2 Å². The molecule has 42 heavy (non-hydrogen) atoms. The van der Waals surface area contributed by atoms with Crippen LogP contribution in [0.15, 0.2) is 82.6 Å². The molecular formula is C32H41N3O5S2. The first-order chi connectivity index (χ1) is 20.2. The Morgan fingerprint density at radius 1 is 0.952 bits per heavy atom. The van der Waals surface area contributed by atoms with Crippen LogP contribution in [0.5, 0.6) is 5.75 Å². The summed E-state index contributed by atoms with van der Waals surface area (Å²) >= 11 is 1.51. The zero-order valence-electron chi connectivity index (χ0n) is 25.0. The van der Waals surface area contributed by atoms with Gasteiger partial charge < -0.3 is 15.0 Å². The summed E-state index contributed by atoms with van der Waals surface area (Å²) in [7, 11) is -4.20. The summed E-state index contributed by atoms with van der Waals surface area (Å²) in [5, 5.41) is 2.90. The summed E-state index contributed by atoms with van der Waals surface area (Å²) in [4.78, 5) is 29.9. The Hall–Kier alpha value is -3.50. The van der Waals surface area contributed by atoms with E-state index in [1.54, 1.807) is 48.5 Å². The van der Waals surface area contributed by atoms with Gasteiger partial charge in [0.05, 0.1) is 17.2 Å². The summed E-state index contributed by atoms with van der Waals surface area (Å²) < 4.78 is 35.2. The maximum absolute atomic E-state index is 14.2. The minimum Gasteiger partial charge on any atom is -0.492 e. The fourth-order valence-corrected chi connectivity index (χ4v) is 6.34. The first-order valence-electron chi connectivity index (χ1n) is 14.2. The van der Waals surface area contributed by atoms with Crippen LogP contribution in [0.4, 0.5) is 5.69 Å². The number of ether oxygens (including phenoxy) is 1. The smallest absolute Gasteiger partial charge is 0.264 e. The number of aryl methyl sites for hydroxylation is 1. The maximum Gasteiger partial charge on any atom is 0.264 e. The predicted octanol–water partition coefficient (Wildman–Crippen LogP) is 5.64. The largest absolute Gasteiger partial charge is 0.492 e. The van der Waals surface area contributed by atoms with Crippen LogP contribution in [0.1, 0.15) is 44.7 Å². The first kappa shape index (κ1) is 33.0. The molecule has 0 saturated carbocycles. The van der Waals surface area contributed by atoms with Crippen LogP contribution in [-0.4, -0.2) is 57.1 Å². The molecule has 0 aliphatic carbocycles. The summed E-state index contributed by atoms with van der Waals surface area (Å²) in [6.07, 6.45) is 3.03. The highest BCUT2D eigenvalue weighted by atomic mass is 32.2. The number of benzene rings is 3. The molecule has 3 aromatic rings. The molecule has 3 rings (SSSR count). The Balaban J connectivity index is 2.10. The molecule has 0 saturated heterocycles. The van der Waals surface area contributed by atoms with Gasteiger partial charge in [0.15, 0.2) is 0 Å². The van der Waals surface area contributed by atoms with Crippen molar-refractivity contribution in [3.05, 3.63) is 83.9 Å². The monoisotopic (exact) mass is 611 g/mol. The molecule has 1 atom stereocenters. The van der Waals surface area contributed by atoms with Gasteiger partial charge in [-0.25, -0.2) is 8.42 Å². The number of hydrogen-bond donors (Lipinski definition) is 1. The standard InChI is InChI=1S/C32H41N3O5S2/c1-6-21-33-32(37)28(7-2)34(22-25-15-13-24(4)14-16-25)31(36)23-35(29-11-9-10-12-30(29)40-8-3)42(38,39)27-19-17-26(41-5)18-20-27/h9-20,28H,6-8,21-23H2,1-5H3,(H,33,37). The van der Waals surface area contributed by atoms with E-state index in [0.717, 1.165) is 26.7 Å². The summed E-state index contributed by atoms with van der Waals surface area (Å²) in [6.45, 7) is 8.03. The van der Waals surface area contributed by atoms with Crippen LogP contribution in [-0.2, 0) is 26.2 Å². The fourth-order valence-electron chi connectivity index (χ4n) is 4.50. The molecule has 10 heteroatoms. The second-order valence-electron chi connectivity index (χ2n) is 9.81. The number of thioether (sulfide) groups is 1. The number of carbonyl (C=O) groups excluding carboxylic acids is 2. The van der Waals surface area contributed by atoms with E-state index >= 15 is 0 Å². The zero-order chi connectivity index (χ0) is 30.7. The van der Waals surface area contributed by atoms with Crippen molar-refractivity contribution >= 4 is 39.3 Å². The Bertz CT molecular complexity index is 1430. The summed E-state index contributed by atoms with van der Waals surface area (Å²) in [5.74, 6) is -0.420. The topological polar surface area (TPSA) is 96.0 Å². The molecule has 0 bridgehead atoms. The number of rotatable bonds is 15. The van der Waals surface area contributed by atoms with Gasteiger partial charge in [-0.05, 0) is 74.9 Å². The lowest BCUT2D eigenvalue weighted by atomic mass is 10.1. The van der Waals surface area contributed by atoms with Crippen molar-refractivity contribution in [2.24, 2.45) is 0 Å². The molecule has 1 N–H and O–H groups in total. The van der Waals surface area contributed by atoms with Gasteiger partial charge in [0.1, 0.15) is 18.3 Å². The average Bonchev–Trinajstić information content (AvgIpc) is 3.00. The highest BCUT2D eigenvalue weighted by Gasteiger charge is 2.34. The molecule has 0 radical (unpaired) electrons. The van der Waals surface area contributed by atoms with Crippen molar-refractivity contribution in [1.82, 2.24) is 10.2 Å². The van der Waals surface area contributed by atoms with Gasteiger partial charge in [0.25, 0.3) is 10.0 Å². The van der Waals surface area contributed by atoms with Crippen molar-refractivity contribution in [1.29, 1.82) is 0 Å². The third-order valence-corrected chi connectivity index (χ3v) is 9.29. The van der Waals surface area contributed by atoms with Crippen LogP contribution in [0.3, 0.4) is 0 Å². The quantitative estimate of drug-likeness (QED) is 0.223. The lowest BCUT2D eigenvalue weighted by Crippen LogP contribution is -2.52. The molecule has 0 fully saturated rings. The summed E-state index contributed by atoms with van der Waals surface area (Å²) in [5.41, 5.74) is 2.16. The highest BCUT2D eigenvalue weighted by Crippen LogP contribution is 2.33. The number of amides is 2. The number of para-hydroxylation sites is 2. The zero-order valence-corrected chi connectivity index (χ0v) is 26.6. The molecule has 0 aliphatic rings. The molecule has 0 aromatic heterocycles. The van der Waals surface area contributed by atoms with Crippen molar-refractivity contribution in [3.63, 3.8) is 0 Å². The number of sulfonamides is 1. The van der Waals surface area contributed by atoms with Crippen LogP contribution < -0.4 is 14.4 Å². The van der Waals surface area contributed by atoms with Gasteiger partial charge in [0.2, 0.25) is 11.8 Å². The average molecular weight is 612 g/mol. The summed E-state index contributed by atoms with van der Waals surface area (Å²) in [6, 6.07) is 20.3. The fraction of sp³-hybridized carbons (Fsp3) is 0.375. The van der Waals surface area contributed by atoms with E-state index in [2.05, 4.69) is 5.32 Å². The van der Waals surface area contributed by atoms with E-state index in [1.165, 1.54) is 16.7 Å². The lowest BCUT2D eigenvalue weighted by Gasteiger charge is -2.33. The van der Waals surface area contributed by atoms with Gasteiger partial charge in [-0.15, -0.1) is 11.8 Å². The van der Waals surface area contributed by atoms with Gasteiger partial charge in [-0.2, -0.15) is 0 Å². The van der Waals surface area contributed by atoms with Crippen LogP contribution in [0.25, 0.3) is 0 Å². The Labute approximate surface area is 254 Å². The van der Waals surface area contributed by atoms with Crippen LogP contribution in [0, 0.1) is 6.92 Å². The normalized spacial score (nSPS) is 11.9. The van der Waals surface area contributed by atoms with Gasteiger partial charge >= 0.3 is 0 Å². The second kappa shape index (κ2) is 15.7. The minimum absolute atomic E-state index is 0.0530. The highest BCUT2D eigenvalue weighted by molar-refractivity contribution is 7.98. The number of nitrogens with one attached hydrogen (secondary N) is 1. The molecular weight excluding hydrogens is 571 g/mol. The number of anilines is 1. The van der Waals surface area contributed by atoms with Crippen LogP contribution >= 0.6 is 11.8 Å². The van der Waals surface area contributed by atoms with E-state index in [-0.39, 0.29) is 23.0 Å². The lowest BCUT2D eigenvalue weighted by molar-refractivity contribution is -0.140. The molecule has 226 valence electrons. The third kappa shape index (κ3) is 8.29. The molecule has 0 spiro atoms. The Morgan fingerprint density at radius 3 is 2.21 bits per heavy atom. The third-order valence-electron chi connectivity index (χ3n) is 6.77. The van der Waals surface area contributed by atoms with Crippen molar-refractivity contribution in [2.45, 2.75) is 62.9 Å². The number of carbonyl (C=O) groups is 2. The molecule has 0 aliphatic heterocycles. The van der Waals surface area contributed by atoms with Gasteiger partial charge in [-0.3, -0.25) is 13.9 Å². The second-order valence-corrected chi connectivity index (χ2v) is 12.6. The molecule has 0 heterocycles. The maximum atomic E-state index is 14.2. The number of hydrogen-bond acceptors (Lipinski definition) is 6. The van der Waals surface area contributed by atoms with Crippen molar-refractivity contribution < 1.29 is 22.7 Å². The van der Waals surface area contributed by atoms with Crippen molar-refractivity contribution in [2.75, 3.05) is 30.3 Å².